The Balaban J connectivity index is 1.81. The van der Waals surface area contributed by atoms with Crippen molar-refractivity contribution in [3.63, 3.8) is 0 Å². The van der Waals surface area contributed by atoms with Crippen molar-refractivity contribution in [1.29, 1.82) is 0 Å². The van der Waals surface area contributed by atoms with E-state index in [4.69, 9.17) is 0 Å². The maximum Gasteiger partial charge on any atom is 0.305 e. The van der Waals surface area contributed by atoms with Gasteiger partial charge in [0.25, 0.3) is 0 Å². The van der Waals surface area contributed by atoms with E-state index >= 15 is 0 Å². The second-order valence-electron chi connectivity index (χ2n) is 6.00. The van der Waals surface area contributed by atoms with E-state index in [9.17, 15) is 14.7 Å². The first-order chi connectivity index (χ1) is 10.5. The number of rotatable bonds is 7. The molecule has 4 nitrogen and oxygen atoms in total. The lowest BCUT2D eigenvalue weighted by Crippen LogP contribution is -2.06. The Bertz CT molecular complexity index is 562. The number of hydrogen-bond donors (Lipinski definition) is 1. The molecule has 1 aliphatic rings. The van der Waals surface area contributed by atoms with Crippen LogP contribution in [0.5, 0.6) is 5.75 Å². The average Bonchev–Trinajstić information content (AvgIpc) is 2.83. The van der Waals surface area contributed by atoms with Crippen LogP contribution in [0.2, 0.25) is 0 Å². The molecule has 120 valence electrons. The summed E-state index contributed by atoms with van der Waals surface area (Å²) in [6.45, 7) is 1.87. The number of phenols is 1. The summed E-state index contributed by atoms with van der Waals surface area (Å²) < 4.78 is 4.61. The van der Waals surface area contributed by atoms with E-state index in [1.165, 1.54) is 7.11 Å². The van der Waals surface area contributed by atoms with Gasteiger partial charge in [-0.25, -0.2) is 0 Å². The minimum atomic E-state index is -0.157. The van der Waals surface area contributed by atoms with Crippen LogP contribution in [0.3, 0.4) is 0 Å². The lowest BCUT2D eigenvalue weighted by Gasteiger charge is -2.11. The Kier molecular flexibility index (Phi) is 5.58. The third-order valence-electron chi connectivity index (χ3n) is 4.57. The molecule has 1 N–H and O–H groups in total. The predicted octanol–water partition coefficient (Wildman–Crippen LogP) is 3.42. The van der Waals surface area contributed by atoms with Gasteiger partial charge in [-0.3, -0.25) is 9.59 Å². The highest BCUT2D eigenvalue weighted by Crippen LogP contribution is 2.38. The van der Waals surface area contributed by atoms with Crippen LogP contribution in [0, 0.1) is 6.92 Å². The molecular weight excluding hydrogens is 280 g/mol. The van der Waals surface area contributed by atoms with Crippen molar-refractivity contribution >= 4 is 11.8 Å². The van der Waals surface area contributed by atoms with Gasteiger partial charge in [-0.1, -0.05) is 25.3 Å². The SMILES string of the molecule is COC(=O)CCCCCCC1C(=O)Cc2c1ccc(O)c2C. The molecule has 0 aliphatic heterocycles. The number of ketones is 1. The summed E-state index contributed by atoms with van der Waals surface area (Å²) in [5.41, 5.74) is 2.95. The highest BCUT2D eigenvalue weighted by molar-refractivity contribution is 5.93. The first-order valence-electron chi connectivity index (χ1n) is 7.95. The molecule has 0 saturated carbocycles. The third-order valence-corrected chi connectivity index (χ3v) is 4.57. The molecule has 4 heteroatoms. The highest BCUT2D eigenvalue weighted by Gasteiger charge is 2.31. The van der Waals surface area contributed by atoms with Crippen molar-refractivity contribution in [2.45, 2.75) is 57.8 Å². The van der Waals surface area contributed by atoms with Gasteiger partial charge in [-0.05, 0) is 42.5 Å². The van der Waals surface area contributed by atoms with Crippen LogP contribution in [0.15, 0.2) is 12.1 Å². The number of benzene rings is 1. The Morgan fingerprint density at radius 2 is 2.00 bits per heavy atom. The quantitative estimate of drug-likeness (QED) is 0.619. The number of carbonyl (C=O) groups excluding carboxylic acids is 2. The zero-order chi connectivity index (χ0) is 16.1. The molecule has 1 unspecified atom stereocenters. The monoisotopic (exact) mass is 304 g/mol. The number of carbonyl (C=O) groups is 2. The van der Waals surface area contributed by atoms with Crippen LogP contribution in [0.1, 0.15) is 61.1 Å². The molecule has 0 amide bonds. The van der Waals surface area contributed by atoms with Gasteiger partial charge >= 0.3 is 5.97 Å². The van der Waals surface area contributed by atoms with Crippen LogP contribution in [0.25, 0.3) is 0 Å². The Labute approximate surface area is 131 Å². The number of methoxy groups -OCH3 is 1. The average molecular weight is 304 g/mol. The molecule has 0 spiro atoms. The number of phenolic OH excluding ortho intramolecular Hbond substituents is 1. The van der Waals surface area contributed by atoms with Crippen molar-refractivity contribution in [2.24, 2.45) is 0 Å². The molecule has 0 aromatic heterocycles. The minimum Gasteiger partial charge on any atom is -0.508 e. The fourth-order valence-electron chi connectivity index (χ4n) is 3.19. The van der Waals surface area contributed by atoms with Crippen molar-refractivity contribution < 1.29 is 19.4 Å². The maximum absolute atomic E-state index is 12.2. The normalized spacial score (nSPS) is 16.6. The molecule has 0 fully saturated rings. The molecule has 2 rings (SSSR count). The maximum atomic E-state index is 12.2. The van der Waals surface area contributed by atoms with Crippen molar-refractivity contribution in [3.05, 3.63) is 28.8 Å². The first-order valence-corrected chi connectivity index (χ1v) is 7.95. The molecule has 1 aromatic rings. The van der Waals surface area contributed by atoms with E-state index in [0.717, 1.165) is 48.8 Å². The van der Waals surface area contributed by atoms with Gasteiger partial charge in [0, 0.05) is 18.8 Å². The van der Waals surface area contributed by atoms with E-state index in [1.807, 2.05) is 13.0 Å². The summed E-state index contributed by atoms with van der Waals surface area (Å²) in [6, 6.07) is 3.58. The number of Topliss-reactive ketones (excluding diaryl/α,β-unsaturated/α-hetero) is 1. The molecule has 0 heterocycles. The number of ether oxygens (including phenoxy) is 1. The van der Waals surface area contributed by atoms with Gasteiger partial charge in [0.15, 0.2) is 0 Å². The van der Waals surface area contributed by atoms with E-state index in [0.29, 0.717) is 12.8 Å². The van der Waals surface area contributed by atoms with Gasteiger partial charge in [-0.2, -0.15) is 0 Å². The fourth-order valence-corrected chi connectivity index (χ4v) is 3.19. The molecular formula is C18H24O4. The number of unbranched alkanes of at least 4 members (excludes halogenated alkanes) is 3. The summed E-state index contributed by atoms with van der Waals surface area (Å²) in [4.78, 5) is 23.2. The molecule has 22 heavy (non-hydrogen) atoms. The van der Waals surface area contributed by atoms with Gasteiger partial charge in [0.2, 0.25) is 0 Å². The number of hydrogen-bond acceptors (Lipinski definition) is 4. The van der Waals surface area contributed by atoms with Crippen molar-refractivity contribution in [1.82, 2.24) is 0 Å². The van der Waals surface area contributed by atoms with E-state index in [-0.39, 0.29) is 23.4 Å². The van der Waals surface area contributed by atoms with Crippen LogP contribution >= 0.6 is 0 Å². The van der Waals surface area contributed by atoms with Crippen LogP contribution in [-0.4, -0.2) is 24.0 Å². The summed E-state index contributed by atoms with van der Waals surface area (Å²) in [5, 5.41) is 9.75. The second-order valence-corrected chi connectivity index (χ2v) is 6.00. The zero-order valence-corrected chi connectivity index (χ0v) is 13.4. The number of fused-ring (bicyclic) bond motifs is 1. The molecule has 0 saturated heterocycles. The van der Waals surface area contributed by atoms with Crippen LogP contribution in [-0.2, 0) is 20.7 Å². The highest BCUT2D eigenvalue weighted by atomic mass is 16.5. The minimum absolute atomic E-state index is 0.0186. The van der Waals surface area contributed by atoms with Gasteiger partial charge < -0.3 is 9.84 Å². The van der Waals surface area contributed by atoms with Gasteiger partial charge in [-0.15, -0.1) is 0 Å². The number of aromatic hydroxyl groups is 1. The van der Waals surface area contributed by atoms with E-state index < -0.39 is 0 Å². The molecule has 1 aromatic carbocycles. The Morgan fingerprint density at radius 3 is 2.73 bits per heavy atom. The van der Waals surface area contributed by atoms with E-state index in [1.54, 1.807) is 6.07 Å². The van der Waals surface area contributed by atoms with Gasteiger partial charge in [0.05, 0.1) is 7.11 Å². The summed E-state index contributed by atoms with van der Waals surface area (Å²) in [5.74, 6) is 0.360. The smallest absolute Gasteiger partial charge is 0.305 e. The topological polar surface area (TPSA) is 63.6 Å². The third kappa shape index (κ3) is 3.67. The first kappa shape index (κ1) is 16.5. The molecule has 0 radical (unpaired) electrons. The second kappa shape index (κ2) is 7.43. The zero-order valence-electron chi connectivity index (χ0n) is 13.4. The molecule has 1 aliphatic carbocycles. The lowest BCUT2D eigenvalue weighted by atomic mass is 9.93. The molecule has 0 bridgehead atoms. The number of esters is 1. The van der Waals surface area contributed by atoms with Crippen LogP contribution in [0.4, 0.5) is 0 Å². The van der Waals surface area contributed by atoms with Crippen molar-refractivity contribution in [2.75, 3.05) is 7.11 Å². The Morgan fingerprint density at radius 1 is 1.27 bits per heavy atom. The standard InChI is InChI=1S/C18H24O4/c1-12-15-11-17(20)14(13(15)9-10-16(12)19)7-5-3-4-6-8-18(21)22-2/h9-10,14,19H,3-8,11H2,1-2H3. The summed E-state index contributed by atoms with van der Waals surface area (Å²) in [7, 11) is 1.41. The largest absolute Gasteiger partial charge is 0.508 e. The summed E-state index contributed by atoms with van der Waals surface area (Å²) >= 11 is 0. The molecule has 1 atom stereocenters. The summed E-state index contributed by atoms with van der Waals surface area (Å²) in [6.07, 6.45) is 5.60. The van der Waals surface area contributed by atoms with Crippen molar-refractivity contribution in [3.8, 4) is 5.75 Å². The van der Waals surface area contributed by atoms with Gasteiger partial charge in [0.1, 0.15) is 11.5 Å². The fraction of sp³-hybridized carbons (Fsp3) is 0.556. The van der Waals surface area contributed by atoms with Crippen LogP contribution < -0.4 is 0 Å². The lowest BCUT2D eigenvalue weighted by molar-refractivity contribution is -0.140. The Hall–Kier alpha value is -1.84. The van der Waals surface area contributed by atoms with E-state index in [2.05, 4.69) is 4.74 Å². The predicted molar refractivity (Wildman–Crippen MR) is 84.0 cm³/mol.